The van der Waals surface area contributed by atoms with Gasteiger partial charge in [-0.3, -0.25) is 0 Å². The minimum atomic E-state index is 0.687. The van der Waals surface area contributed by atoms with Crippen LogP contribution in [0.3, 0.4) is 0 Å². The second kappa shape index (κ2) is 5.17. The number of anilines is 1. The summed E-state index contributed by atoms with van der Waals surface area (Å²) < 4.78 is 5.25. The van der Waals surface area contributed by atoms with Gasteiger partial charge in [0.1, 0.15) is 11.6 Å². The third kappa shape index (κ3) is 2.16. The molecular formula is C16H15N3O. The fourth-order valence-corrected chi connectivity index (χ4v) is 2.16. The normalized spacial score (nSPS) is 10.5. The number of para-hydroxylation sites is 1. The molecule has 1 heterocycles. The van der Waals surface area contributed by atoms with Gasteiger partial charge in [0.2, 0.25) is 0 Å². The monoisotopic (exact) mass is 265 g/mol. The summed E-state index contributed by atoms with van der Waals surface area (Å²) in [6.45, 7) is 0. The van der Waals surface area contributed by atoms with Crippen molar-refractivity contribution in [2.75, 3.05) is 19.5 Å². The average molecular weight is 265 g/mol. The van der Waals surface area contributed by atoms with E-state index in [-0.39, 0.29) is 0 Å². The van der Waals surface area contributed by atoms with Gasteiger partial charge >= 0.3 is 0 Å². The molecule has 0 aliphatic heterocycles. The minimum absolute atomic E-state index is 0.687. The average Bonchev–Trinajstić information content (AvgIpc) is 2.53. The van der Waals surface area contributed by atoms with Crippen molar-refractivity contribution >= 4 is 16.7 Å². The van der Waals surface area contributed by atoms with E-state index in [4.69, 9.17) is 4.74 Å². The fourth-order valence-electron chi connectivity index (χ4n) is 2.16. The molecule has 0 saturated carbocycles. The second-order valence-electron chi connectivity index (χ2n) is 4.39. The quantitative estimate of drug-likeness (QED) is 0.789. The van der Waals surface area contributed by atoms with Crippen LogP contribution in [0.25, 0.3) is 22.3 Å². The summed E-state index contributed by atoms with van der Waals surface area (Å²) in [5.41, 5.74) is 1.86. The van der Waals surface area contributed by atoms with Crippen LogP contribution in [-0.2, 0) is 0 Å². The first kappa shape index (κ1) is 12.4. The number of hydrogen-bond donors (Lipinski definition) is 1. The lowest BCUT2D eigenvalue weighted by Crippen LogP contribution is -1.98. The Morgan fingerprint density at radius 1 is 1.00 bits per heavy atom. The van der Waals surface area contributed by atoms with E-state index < -0.39 is 0 Å². The zero-order valence-corrected chi connectivity index (χ0v) is 11.4. The van der Waals surface area contributed by atoms with Crippen LogP contribution in [-0.4, -0.2) is 24.1 Å². The Labute approximate surface area is 117 Å². The van der Waals surface area contributed by atoms with E-state index in [1.165, 1.54) is 0 Å². The Bertz CT molecular complexity index is 756. The number of benzene rings is 2. The predicted molar refractivity (Wildman–Crippen MR) is 81.1 cm³/mol. The van der Waals surface area contributed by atoms with Crippen LogP contribution in [0.5, 0.6) is 5.75 Å². The molecule has 0 aliphatic carbocycles. The highest BCUT2D eigenvalue weighted by molar-refractivity contribution is 5.90. The molecule has 1 N–H and O–H groups in total. The summed E-state index contributed by atoms with van der Waals surface area (Å²) >= 11 is 0. The van der Waals surface area contributed by atoms with Gasteiger partial charge in [-0.05, 0) is 24.3 Å². The first-order valence-corrected chi connectivity index (χ1v) is 6.41. The maximum atomic E-state index is 5.25. The van der Waals surface area contributed by atoms with Crippen LogP contribution in [0.2, 0.25) is 0 Å². The number of rotatable bonds is 3. The zero-order valence-electron chi connectivity index (χ0n) is 11.4. The van der Waals surface area contributed by atoms with Crippen molar-refractivity contribution < 1.29 is 4.74 Å². The van der Waals surface area contributed by atoms with Gasteiger partial charge in [-0.2, -0.15) is 0 Å². The number of methoxy groups -OCH3 is 1. The Morgan fingerprint density at radius 2 is 1.85 bits per heavy atom. The van der Waals surface area contributed by atoms with Crippen molar-refractivity contribution in [3.63, 3.8) is 0 Å². The van der Waals surface area contributed by atoms with E-state index in [2.05, 4.69) is 15.3 Å². The standard InChI is InChI=1S/C16H15N3O/c1-17-16-13-8-3-4-9-14(13)18-15(19-16)11-6-5-7-12(10-11)20-2/h3-10H,1-2H3,(H,17,18,19). The summed E-state index contributed by atoms with van der Waals surface area (Å²) in [6.07, 6.45) is 0. The molecular weight excluding hydrogens is 250 g/mol. The van der Waals surface area contributed by atoms with Crippen LogP contribution in [0.1, 0.15) is 0 Å². The summed E-state index contributed by atoms with van der Waals surface area (Å²) in [7, 11) is 3.52. The van der Waals surface area contributed by atoms with Crippen molar-refractivity contribution in [3.05, 3.63) is 48.5 Å². The molecule has 4 nitrogen and oxygen atoms in total. The molecule has 100 valence electrons. The number of ether oxygens (including phenoxy) is 1. The lowest BCUT2D eigenvalue weighted by molar-refractivity contribution is 0.415. The molecule has 1 aromatic heterocycles. The molecule has 3 rings (SSSR count). The van der Waals surface area contributed by atoms with E-state index in [1.54, 1.807) is 7.11 Å². The van der Waals surface area contributed by atoms with E-state index >= 15 is 0 Å². The summed E-state index contributed by atoms with van der Waals surface area (Å²) in [6, 6.07) is 15.7. The predicted octanol–water partition coefficient (Wildman–Crippen LogP) is 3.35. The SMILES string of the molecule is CNc1nc(-c2cccc(OC)c2)nc2ccccc12. The number of hydrogen-bond acceptors (Lipinski definition) is 4. The number of aromatic nitrogens is 2. The zero-order chi connectivity index (χ0) is 13.9. The Balaban J connectivity index is 2.20. The molecule has 3 aromatic rings. The van der Waals surface area contributed by atoms with Crippen LogP contribution < -0.4 is 10.1 Å². The molecule has 0 atom stereocenters. The van der Waals surface area contributed by atoms with Gasteiger partial charge in [0.25, 0.3) is 0 Å². The minimum Gasteiger partial charge on any atom is -0.497 e. The van der Waals surface area contributed by atoms with Crippen LogP contribution >= 0.6 is 0 Å². The molecule has 0 amide bonds. The summed E-state index contributed by atoms with van der Waals surface area (Å²) in [4.78, 5) is 9.21. The second-order valence-corrected chi connectivity index (χ2v) is 4.39. The highest BCUT2D eigenvalue weighted by Gasteiger charge is 2.08. The molecule has 0 aliphatic rings. The smallest absolute Gasteiger partial charge is 0.162 e. The molecule has 0 unspecified atom stereocenters. The summed E-state index contributed by atoms with van der Waals surface area (Å²) in [5.74, 6) is 2.31. The molecule has 0 radical (unpaired) electrons. The maximum Gasteiger partial charge on any atom is 0.162 e. The molecule has 0 bridgehead atoms. The maximum absolute atomic E-state index is 5.25. The van der Waals surface area contributed by atoms with Crippen LogP contribution in [0, 0.1) is 0 Å². The fraction of sp³-hybridized carbons (Fsp3) is 0.125. The van der Waals surface area contributed by atoms with Gasteiger partial charge in [-0.25, -0.2) is 9.97 Å². The van der Waals surface area contributed by atoms with Gasteiger partial charge in [-0.15, -0.1) is 0 Å². The van der Waals surface area contributed by atoms with Crippen molar-refractivity contribution in [1.29, 1.82) is 0 Å². The van der Waals surface area contributed by atoms with Crippen molar-refractivity contribution in [2.45, 2.75) is 0 Å². The van der Waals surface area contributed by atoms with Crippen molar-refractivity contribution in [3.8, 4) is 17.1 Å². The lowest BCUT2D eigenvalue weighted by Gasteiger charge is -2.09. The van der Waals surface area contributed by atoms with E-state index in [0.29, 0.717) is 5.82 Å². The molecule has 0 spiro atoms. The number of nitrogens with zero attached hydrogens (tertiary/aromatic N) is 2. The van der Waals surface area contributed by atoms with Gasteiger partial charge < -0.3 is 10.1 Å². The van der Waals surface area contributed by atoms with E-state index in [1.807, 2.05) is 55.6 Å². The van der Waals surface area contributed by atoms with Gasteiger partial charge in [-0.1, -0.05) is 24.3 Å². The third-order valence-corrected chi connectivity index (χ3v) is 3.17. The molecule has 2 aromatic carbocycles. The topological polar surface area (TPSA) is 47.0 Å². The van der Waals surface area contributed by atoms with Crippen LogP contribution in [0.15, 0.2) is 48.5 Å². The molecule has 20 heavy (non-hydrogen) atoms. The molecule has 4 heteroatoms. The highest BCUT2D eigenvalue weighted by Crippen LogP contribution is 2.26. The number of nitrogens with one attached hydrogen (secondary N) is 1. The molecule has 0 saturated heterocycles. The van der Waals surface area contributed by atoms with E-state index in [9.17, 15) is 0 Å². The Kier molecular flexibility index (Phi) is 3.21. The van der Waals surface area contributed by atoms with Gasteiger partial charge in [0.05, 0.1) is 12.6 Å². The molecule has 0 fully saturated rings. The first-order valence-electron chi connectivity index (χ1n) is 6.41. The van der Waals surface area contributed by atoms with Crippen molar-refractivity contribution in [1.82, 2.24) is 9.97 Å². The highest BCUT2D eigenvalue weighted by atomic mass is 16.5. The summed E-state index contributed by atoms with van der Waals surface area (Å²) in [5, 5.41) is 4.14. The number of fused-ring (bicyclic) bond motifs is 1. The third-order valence-electron chi connectivity index (χ3n) is 3.17. The van der Waals surface area contributed by atoms with Crippen molar-refractivity contribution in [2.24, 2.45) is 0 Å². The van der Waals surface area contributed by atoms with E-state index in [0.717, 1.165) is 28.0 Å². The van der Waals surface area contributed by atoms with Crippen LogP contribution in [0.4, 0.5) is 5.82 Å². The lowest BCUT2D eigenvalue weighted by atomic mass is 10.1. The largest absolute Gasteiger partial charge is 0.497 e. The Hall–Kier alpha value is -2.62. The first-order chi connectivity index (χ1) is 9.81. The Morgan fingerprint density at radius 3 is 2.65 bits per heavy atom. The van der Waals surface area contributed by atoms with Gasteiger partial charge in [0.15, 0.2) is 5.82 Å². The van der Waals surface area contributed by atoms with Gasteiger partial charge in [0, 0.05) is 18.0 Å².